The number of halogens is 1. The molecule has 1 aromatic carbocycles. The number of hydrogen-bond donors (Lipinski definition) is 0. The number of carbonyl (C=O) groups excluding carboxylic acids is 2. The topological polar surface area (TPSA) is 49.9 Å². The van der Waals surface area contributed by atoms with Crippen molar-refractivity contribution in [3.8, 4) is 0 Å². The van der Waals surface area contributed by atoms with Gasteiger partial charge in [-0.15, -0.1) is 0 Å². The minimum atomic E-state index is -0.442. The molecule has 1 aromatic rings. The molecule has 0 aliphatic carbocycles. The molecule has 120 valence electrons. The summed E-state index contributed by atoms with van der Waals surface area (Å²) in [7, 11) is 0. The number of anilines is 1. The molecule has 1 unspecified atom stereocenters. The molecular formula is C16H21FN2O3. The van der Waals surface area contributed by atoms with Gasteiger partial charge < -0.3 is 9.64 Å². The zero-order valence-corrected chi connectivity index (χ0v) is 13.1. The van der Waals surface area contributed by atoms with Crippen LogP contribution in [0.3, 0.4) is 0 Å². The van der Waals surface area contributed by atoms with Gasteiger partial charge in [0, 0.05) is 18.8 Å². The van der Waals surface area contributed by atoms with E-state index in [0.29, 0.717) is 30.9 Å². The van der Waals surface area contributed by atoms with Crippen LogP contribution in [0.2, 0.25) is 0 Å². The molecule has 1 heterocycles. The second kappa shape index (κ2) is 6.87. The third-order valence-corrected chi connectivity index (χ3v) is 3.89. The van der Waals surface area contributed by atoms with Gasteiger partial charge in [-0.25, -0.2) is 4.39 Å². The SMILES string of the molecule is CCOC(=O)CN1CCN(c2ccc(C)c(F)c2)C(=O)C1C. The van der Waals surface area contributed by atoms with Crippen molar-refractivity contribution in [2.24, 2.45) is 0 Å². The van der Waals surface area contributed by atoms with Gasteiger partial charge in [0.25, 0.3) is 0 Å². The summed E-state index contributed by atoms with van der Waals surface area (Å²) >= 11 is 0. The number of benzene rings is 1. The van der Waals surface area contributed by atoms with Gasteiger partial charge in [-0.3, -0.25) is 14.5 Å². The zero-order chi connectivity index (χ0) is 16.3. The van der Waals surface area contributed by atoms with Crippen LogP contribution < -0.4 is 4.90 Å². The molecular weight excluding hydrogens is 287 g/mol. The minimum Gasteiger partial charge on any atom is -0.465 e. The largest absolute Gasteiger partial charge is 0.465 e. The summed E-state index contributed by atoms with van der Waals surface area (Å²) in [6.07, 6.45) is 0. The standard InChI is InChI=1S/C16H21FN2O3/c1-4-22-15(20)10-18-7-8-19(16(21)12(18)3)13-6-5-11(2)14(17)9-13/h5-6,9,12H,4,7-8,10H2,1-3H3. The molecule has 6 heteroatoms. The number of carbonyl (C=O) groups is 2. The Morgan fingerprint density at radius 2 is 2.14 bits per heavy atom. The Morgan fingerprint density at radius 1 is 1.41 bits per heavy atom. The number of nitrogens with zero attached hydrogens (tertiary/aromatic N) is 2. The maximum Gasteiger partial charge on any atom is 0.320 e. The minimum absolute atomic E-state index is 0.0941. The number of aryl methyl sites for hydroxylation is 1. The Kier molecular flexibility index (Phi) is 5.13. The molecule has 0 radical (unpaired) electrons. The van der Waals surface area contributed by atoms with Crippen LogP contribution in [-0.2, 0) is 14.3 Å². The third-order valence-electron chi connectivity index (χ3n) is 3.89. The predicted molar refractivity (Wildman–Crippen MR) is 81.2 cm³/mol. The van der Waals surface area contributed by atoms with Crippen molar-refractivity contribution >= 4 is 17.6 Å². The van der Waals surface area contributed by atoms with Gasteiger partial charge in [-0.2, -0.15) is 0 Å². The van der Waals surface area contributed by atoms with E-state index in [1.54, 1.807) is 42.7 Å². The second-order valence-electron chi connectivity index (χ2n) is 5.37. The second-order valence-corrected chi connectivity index (χ2v) is 5.37. The van der Waals surface area contributed by atoms with Crippen molar-refractivity contribution < 1.29 is 18.7 Å². The molecule has 1 amide bonds. The van der Waals surface area contributed by atoms with Crippen LogP contribution in [0.1, 0.15) is 19.4 Å². The van der Waals surface area contributed by atoms with Crippen LogP contribution in [-0.4, -0.2) is 49.1 Å². The first-order valence-corrected chi connectivity index (χ1v) is 7.41. The van der Waals surface area contributed by atoms with E-state index in [1.165, 1.54) is 6.07 Å². The highest BCUT2D eigenvalue weighted by atomic mass is 19.1. The Bertz CT molecular complexity index is 577. The fourth-order valence-corrected chi connectivity index (χ4v) is 2.51. The van der Waals surface area contributed by atoms with Gasteiger partial charge in [-0.1, -0.05) is 6.07 Å². The van der Waals surface area contributed by atoms with E-state index in [1.807, 2.05) is 0 Å². The number of piperazine rings is 1. The zero-order valence-electron chi connectivity index (χ0n) is 13.1. The number of hydrogen-bond acceptors (Lipinski definition) is 4. The Morgan fingerprint density at radius 3 is 2.77 bits per heavy atom. The van der Waals surface area contributed by atoms with Crippen molar-refractivity contribution in [2.75, 3.05) is 31.1 Å². The van der Waals surface area contributed by atoms with Crippen LogP contribution in [0.15, 0.2) is 18.2 Å². The lowest BCUT2D eigenvalue weighted by Crippen LogP contribution is -2.57. The van der Waals surface area contributed by atoms with E-state index in [4.69, 9.17) is 4.74 Å². The summed E-state index contributed by atoms with van der Waals surface area (Å²) in [6.45, 7) is 6.56. The number of ether oxygens (including phenoxy) is 1. The van der Waals surface area contributed by atoms with Gasteiger partial charge in [-0.05, 0) is 38.5 Å². The van der Waals surface area contributed by atoms with Crippen molar-refractivity contribution in [1.29, 1.82) is 0 Å². The highest BCUT2D eigenvalue weighted by Gasteiger charge is 2.33. The molecule has 1 aliphatic heterocycles. The highest BCUT2D eigenvalue weighted by molar-refractivity contribution is 5.98. The lowest BCUT2D eigenvalue weighted by atomic mass is 10.1. The summed E-state index contributed by atoms with van der Waals surface area (Å²) in [6, 6.07) is 4.33. The monoisotopic (exact) mass is 308 g/mol. The lowest BCUT2D eigenvalue weighted by molar-refractivity contribution is -0.145. The fourth-order valence-electron chi connectivity index (χ4n) is 2.51. The fraction of sp³-hybridized carbons (Fsp3) is 0.500. The quantitative estimate of drug-likeness (QED) is 0.795. The average Bonchev–Trinajstić information content (AvgIpc) is 2.47. The van der Waals surface area contributed by atoms with E-state index < -0.39 is 6.04 Å². The average molecular weight is 308 g/mol. The van der Waals surface area contributed by atoms with Gasteiger partial charge >= 0.3 is 5.97 Å². The number of amides is 1. The smallest absolute Gasteiger partial charge is 0.320 e. The van der Waals surface area contributed by atoms with E-state index in [9.17, 15) is 14.0 Å². The normalized spacial score (nSPS) is 19.4. The van der Waals surface area contributed by atoms with Crippen LogP contribution in [0.25, 0.3) is 0 Å². The van der Waals surface area contributed by atoms with Crippen molar-refractivity contribution in [3.05, 3.63) is 29.6 Å². The van der Waals surface area contributed by atoms with Crippen LogP contribution in [0.5, 0.6) is 0 Å². The molecule has 5 nitrogen and oxygen atoms in total. The lowest BCUT2D eigenvalue weighted by Gasteiger charge is -2.38. The number of esters is 1. The predicted octanol–water partition coefficient (Wildman–Crippen LogP) is 1.73. The third kappa shape index (κ3) is 3.44. The first-order valence-electron chi connectivity index (χ1n) is 7.41. The van der Waals surface area contributed by atoms with Crippen LogP contribution >= 0.6 is 0 Å². The van der Waals surface area contributed by atoms with Gasteiger partial charge in [0.05, 0.1) is 19.2 Å². The molecule has 0 N–H and O–H groups in total. The summed E-state index contributed by atoms with van der Waals surface area (Å²) in [4.78, 5) is 27.4. The van der Waals surface area contributed by atoms with Crippen molar-refractivity contribution in [1.82, 2.24) is 4.90 Å². The van der Waals surface area contributed by atoms with Crippen LogP contribution in [0, 0.1) is 12.7 Å². The van der Waals surface area contributed by atoms with Crippen LogP contribution in [0.4, 0.5) is 10.1 Å². The van der Waals surface area contributed by atoms with E-state index >= 15 is 0 Å². The van der Waals surface area contributed by atoms with Gasteiger partial charge in [0.2, 0.25) is 5.91 Å². The Labute approximate surface area is 129 Å². The summed E-state index contributed by atoms with van der Waals surface area (Å²) in [5.74, 6) is -0.803. The number of rotatable bonds is 4. The highest BCUT2D eigenvalue weighted by Crippen LogP contribution is 2.22. The molecule has 0 aromatic heterocycles. The first-order chi connectivity index (χ1) is 10.4. The molecule has 1 saturated heterocycles. The Hall–Kier alpha value is -1.95. The molecule has 0 saturated carbocycles. The first kappa shape index (κ1) is 16.4. The van der Waals surface area contributed by atoms with Crippen molar-refractivity contribution in [2.45, 2.75) is 26.8 Å². The molecule has 22 heavy (non-hydrogen) atoms. The van der Waals surface area contributed by atoms with Crippen molar-refractivity contribution in [3.63, 3.8) is 0 Å². The molecule has 1 atom stereocenters. The molecule has 1 aliphatic rings. The van der Waals surface area contributed by atoms with E-state index in [0.717, 1.165) is 0 Å². The van der Waals surface area contributed by atoms with Gasteiger partial charge in [0.15, 0.2) is 0 Å². The van der Waals surface area contributed by atoms with E-state index in [-0.39, 0.29) is 24.2 Å². The summed E-state index contributed by atoms with van der Waals surface area (Å²) in [5, 5.41) is 0. The van der Waals surface area contributed by atoms with Gasteiger partial charge in [0.1, 0.15) is 5.82 Å². The van der Waals surface area contributed by atoms with E-state index in [2.05, 4.69) is 0 Å². The maximum absolute atomic E-state index is 13.7. The molecule has 1 fully saturated rings. The molecule has 2 rings (SSSR count). The molecule has 0 spiro atoms. The molecule has 0 bridgehead atoms. The summed E-state index contributed by atoms with van der Waals surface area (Å²) in [5.41, 5.74) is 1.10. The Balaban J connectivity index is 2.08. The summed E-state index contributed by atoms with van der Waals surface area (Å²) < 4.78 is 18.6. The maximum atomic E-state index is 13.7.